The number of ether oxygens (including phenoxy) is 1. The third-order valence-electron chi connectivity index (χ3n) is 2.70. The van der Waals surface area contributed by atoms with E-state index in [9.17, 15) is 0 Å². The van der Waals surface area contributed by atoms with Crippen LogP contribution < -0.4 is 5.32 Å². The van der Waals surface area contributed by atoms with Gasteiger partial charge in [0.2, 0.25) is 0 Å². The fourth-order valence-electron chi connectivity index (χ4n) is 1.37. The Morgan fingerprint density at radius 2 is 2.38 bits per heavy atom. The number of hydrogen-bond acceptors (Lipinski definition) is 3. The van der Waals surface area contributed by atoms with E-state index in [1.54, 1.807) is 7.11 Å². The van der Waals surface area contributed by atoms with Crippen LogP contribution in [-0.4, -0.2) is 30.0 Å². The molecule has 4 heteroatoms. The highest BCUT2D eigenvalue weighted by Crippen LogP contribution is 2.06. The molecule has 0 amide bonds. The Bertz CT molecular complexity index is 286. The number of nitrogens with one attached hydrogen (secondary N) is 1. The van der Waals surface area contributed by atoms with E-state index in [4.69, 9.17) is 4.74 Å². The second-order valence-corrected chi connectivity index (χ2v) is 4.20. The molecule has 0 aliphatic rings. The lowest BCUT2D eigenvalue weighted by Crippen LogP contribution is -2.11. The maximum absolute atomic E-state index is 5.01. The lowest BCUT2D eigenvalue weighted by Gasteiger charge is -2.08. The van der Waals surface area contributed by atoms with Gasteiger partial charge < -0.3 is 10.1 Å². The van der Waals surface area contributed by atoms with Crippen LogP contribution >= 0.6 is 0 Å². The van der Waals surface area contributed by atoms with Crippen LogP contribution in [0.3, 0.4) is 0 Å². The molecule has 1 unspecified atom stereocenters. The van der Waals surface area contributed by atoms with Gasteiger partial charge in [-0.3, -0.25) is 4.68 Å². The van der Waals surface area contributed by atoms with Gasteiger partial charge in [-0.15, -0.1) is 0 Å². The highest BCUT2D eigenvalue weighted by atomic mass is 16.5. The summed E-state index contributed by atoms with van der Waals surface area (Å²) in [5.74, 6) is 1.66. The Kier molecular flexibility index (Phi) is 5.93. The van der Waals surface area contributed by atoms with Crippen LogP contribution in [0.4, 0.5) is 5.82 Å². The van der Waals surface area contributed by atoms with Gasteiger partial charge in [0, 0.05) is 39.1 Å². The molecule has 1 aromatic heterocycles. The van der Waals surface area contributed by atoms with Crippen molar-refractivity contribution in [2.75, 3.05) is 25.6 Å². The summed E-state index contributed by atoms with van der Waals surface area (Å²) in [6.45, 7) is 7.14. The molecular formula is C12H23N3O. The molecule has 0 aromatic carbocycles. The molecule has 4 nitrogen and oxygen atoms in total. The van der Waals surface area contributed by atoms with Gasteiger partial charge in [0.25, 0.3) is 0 Å². The van der Waals surface area contributed by atoms with Crippen LogP contribution in [0.25, 0.3) is 0 Å². The fraction of sp³-hybridized carbons (Fsp3) is 0.750. The summed E-state index contributed by atoms with van der Waals surface area (Å²) in [5.41, 5.74) is 0. The molecular weight excluding hydrogens is 202 g/mol. The molecule has 1 N–H and O–H groups in total. The van der Waals surface area contributed by atoms with Crippen LogP contribution in [0.2, 0.25) is 0 Å². The minimum atomic E-state index is 0.693. The lowest BCUT2D eigenvalue weighted by atomic mass is 10.1. The van der Waals surface area contributed by atoms with Crippen molar-refractivity contribution in [1.29, 1.82) is 0 Å². The molecule has 0 radical (unpaired) electrons. The molecule has 1 rings (SSSR count). The predicted molar refractivity (Wildman–Crippen MR) is 66.7 cm³/mol. The van der Waals surface area contributed by atoms with Gasteiger partial charge in [-0.1, -0.05) is 20.3 Å². The number of nitrogens with zero attached hydrogens (tertiary/aromatic N) is 2. The van der Waals surface area contributed by atoms with Gasteiger partial charge in [-0.2, -0.15) is 5.10 Å². The zero-order chi connectivity index (χ0) is 11.8. The van der Waals surface area contributed by atoms with Crippen molar-refractivity contribution in [3.8, 4) is 0 Å². The number of aryl methyl sites for hydroxylation is 1. The Morgan fingerprint density at radius 1 is 1.56 bits per heavy atom. The molecule has 0 fully saturated rings. The zero-order valence-electron chi connectivity index (χ0n) is 10.6. The number of methoxy groups -OCH3 is 1. The first-order valence-electron chi connectivity index (χ1n) is 6.02. The first-order chi connectivity index (χ1) is 7.76. The first kappa shape index (κ1) is 13.0. The normalized spacial score (nSPS) is 12.7. The van der Waals surface area contributed by atoms with Crippen molar-refractivity contribution in [2.24, 2.45) is 5.92 Å². The van der Waals surface area contributed by atoms with Crippen LogP contribution in [0, 0.1) is 5.92 Å². The van der Waals surface area contributed by atoms with Crippen molar-refractivity contribution in [3.05, 3.63) is 12.3 Å². The molecule has 16 heavy (non-hydrogen) atoms. The second kappa shape index (κ2) is 7.28. The summed E-state index contributed by atoms with van der Waals surface area (Å²) < 4.78 is 6.96. The molecule has 1 aromatic rings. The topological polar surface area (TPSA) is 39.1 Å². The average molecular weight is 225 g/mol. The van der Waals surface area contributed by atoms with E-state index in [0.717, 1.165) is 31.9 Å². The van der Waals surface area contributed by atoms with Gasteiger partial charge in [0.05, 0.1) is 0 Å². The van der Waals surface area contributed by atoms with Crippen molar-refractivity contribution in [1.82, 2.24) is 9.78 Å². The number of hydrogen-bond donors (Lipinski definition) is 1. The second-order valence-electron chi connectivity index (χ2n) is 4.20. The molecule has 0 saturated heterocycles. The van der Waals surface area contributed by atoms with Crippen molar-refractivity contribution in [2.45, 2.75) is 33.2 Å². The Balaban J connectivity index is 2.28. The summed E-state index contributed by atoms with van der Waals surface area (Å²) >= 11 is 0. The maximum Gasteiger partial charge on any atom is 0.147 e. The summed E-state index contributed by atoms with van der Waals surface area (Å²) in [6, 6.07) is 2.02. The largest absolute Gasteiger partial charge is 0.385 e. The highest BCUT2D eigenvalue weighted by molar-refractivity contribution is 5.31. The predicted octanol–water partition coefficient (Wildman–Crippen LogP) is 2.38. The van der Waals surface area contributed by atoms with Gasteiger partial charge in [-0.25, -0.2) is 0 Å². The lowest BCUT2D eigenvalue weighted by molar-refractivity contribution is 0.189. The third-order valence-corrected chi connectivity index (χ3v) is 2.70. The quantitative estimate of drug-likeness (QED) is 0.690. The standard InChI is InChI=1S/C12H23N3O/c1-4-11(2)10-13-12-6-8-15(14-12)7-5-9-16-3/h6,8,11H,4-5,7,9-10H2,1-3H3,(H,13,14). The van der Waals surface area contributed by atoms with E-state index in [-0.39, 0.29) is 0 Å². The van der Waals surface area contributed by atoms with Crippen molar-refractivity contribution in [3.63, 3.8) is 0 Å². The maximum atomic E-state index is 5.01. The summed E-state index contributed by atoms with van der Waals surface area (Å²) in [4.78, 5) is 0. The number of anilines is 1. The molecule has 0 spiro atoms. The highest BCUT2D eigenvalue weighted by Gasteiger charge is 2.01. The van der Waals surface area contributed by atoms with Gasteiger partial charge in [0.1, 0.15) is 5.82 Å². The minimum Gasteiger partial charge on any atom is -0.385 e. The smallest absolute Gasteiger partial charge is 0.147 e. The molecule has 0 bridgehead atoms. The fourth-order valence-corrected chi connectivity index (χ4v) is 1.37. The monoisotopic (exact) mass is 225 g/mol. The molecule has 1 heterocycles. The molecule has 92 valence electrons. The van der Waals surface area contributed by atoms with Crippen LogP contribution in [0.1, 0.15) is 26.7 Å². The van der Waals surface area contributed by atoms with E-state index < -0.39 is 0 Å². The zero-order valence-corrected chi connectivity index (χ0v) is 10.6. The van der Waals surface area contributed by atoms with Crippen LogP contribution in [0.15, 0.2) is 12.3 Å². The van der Waals surface area contributed by atoms with Gasteiger partial charge in [-0.05, 0) is 12.3 Å². The Labute approximate surface area is 98.0 Å². The van der Waals surface area contributed by atoms with Gasteiger partial charge >= 0.3 is 0 Å². The number of rotatable bonds is 8. The minimum absolute atomic E-state index is 0.693. The van der Waals surface area contributed by atoms with E-state index in [1.807, 2.05) is 16.9 Å². The number of aromatic nitrogens is 2. The van der Waals surface area contributed by atoms with E-state index in [2.05, 4.69) is 24.3 Å². The summed E-state index contributed by atoms with van der Waals surface area (Å²) in [7, 11) is 1.72. The Hall–Kier alpha value is -1.03. The van der Waals surface area contributed by atoms with Gasteiger partial charge in [0.15, 0.2) is 0 Å². The van der Waals surface area contributed by atoms with Crippen molar-refractivity contribution >= 4 is 5.82 Å². The molecule has 0 saturated carbocycles. The Morgan fingerprint density at radius 3 is 3.06 bits per heavy atom. The third kappa shape index (κ3) is 4.66. The molecule has 1 atom stereocenters. The van der Waals surface area contributed by atoms with Crippen molar-refractivity contribution < 1.29 is 4.74 Å². The van der Waals surface area contributed by atoms with Crippen LogP contribution in [-0.2, 0) is 11.3 Å². The van der Waals surface area contributed by atoms with Crippen LogP contribution in [0.5, 0.6) is 0 Å². The summed E-state index contributed by atoms with van der Waals surface area (Å²) in [6.07, 6.45) is 4.21. The van der Waals surface area contributed by atoms with E-state index in [1.165, 1.54) is 6.42 Å². The SMILES string of the molecule is CCC(C)CNc1ccn(CCCOC)n1. The average Bonchev–Trinajstić information content (AvgIpc) is 2.74. The van der Waals surface area contributed by atoms with E-state index in [0.29, 0.717) is 5.92 Å². The first-order valence-corrected chi connectivity index (χ1v) is 6.02. The molecule has 0 aliphatic heterocycles. The summed E-state index contributed by atoms with van der Waals surface area (Å²) in [5, 5.41) is 7.78. The van der Waals surface area contributed by atoms with E-state index >= 15 is 0 Å². The molecule has 0 aliphatic carbocycles.